The second-order valence-electron chi connectivity index (χ2n) is 5.61. The molecule has 0 unspecified atom stereocenters. The quantitative estimate of drug-likeness (QED) is 0.906. The van der Waals surface area contributed by atoms with Gasteiger partial charge in [-0.1, -0.05) is 12.1 Å². The van der Waals surface area contributed by atoms with Crippen molar-refractivity contribution in [2.24, 2.45) is 0 Å². The Morgan fingerprint density at radius 1 is 1.25 bits per heavy atom. The van der Waals surface area contributed by atoms with Crippen LogP contribution in [0.2, 0.25) is 0 Å². The largest absolute Gasteiger partial charge is 0.378 e. The zero-order valence-corrected chi connectivity index (χ0v) is 12.2. The van der Waals surface area contributed by atoms with Crippen LogP contribution in [0.3, 0.4) is 0 Å². The fourth-order valence-corrected chi connectivity index (χ4v) is 2.75. The van der Waals surface area contributed by atoms with Crippen LogP contribution in [0.4, 0.5) is 0 Å². The molecule has 0 amide bonds. The summed E-state index contributed by atoms with van der Waals surface area (Å²) in [4.78, 5) is 4.53. The maximum atomic E-state index is 5.58. The van der Waals surface area contributed by atoms with Gasteiger partial charge in [0.05, 0.1) is 11.6 Å². The first-order chi connectivity index (χ1) is 9.74. The number of aromatic nitrogens is 1. The van der Waals surface area contributed by atoms with Gasteiger partial charge in [-0.3, -0.25) is 4.98 Å². The Hall–Kier alpha value is -1.45. The lowest BCUT2D eigenvalue weighted by Crippen LogP contribution is -2.45. The van der Waals surface area contributed by atoms with Crippen LogP contribution in [0.15, 0.2) is 30.3 Å². The van der Waals surface area contributed by atoms with Crippen LogP contribution in [0.25, 0.3) is 10.9 Å². The number of ether oxygens (including phenoxy) is 1. The predicted molar refractivity (Wildman–Crippen MR) is 81.8 cm³/mol. The van der Waals surface area contributed by atoms with E-state index in [4.69, 9.17) is 4.74 Å². The third-order valence-electron chi connectivity index (χ3n) is 3.98. The van der Waals surface area contributed by atoms with Crippen molar-refractivity contribution in [3.63, 3.8) is 0 Å². The summed E-state index contributed by atoms with van der Waals surface area (Å²) in [5, 5.41) is 4.82. The Balaban J connectivity index is 1.57. The summed E-state index contributed by atoms with van der Waals surface area (Å²) in [7, 11) is 0. The van der Waals surface area contributed by atoms with Gasteiger partial charge in [-0.25, -0.2) is 0 Å². The molecule has 106 valence electrons. The summed E-state index contributed by atoms with van der Waals surface area (Å²) in [5.41, 5.74) is 3.47. The highest BCUT2D eigenvalue weighted by Gasteiger charge is 2.28. The number of hydrogen-bond donors (Lipinski definition) is 1. The Morgan fingerprint density at radius 2 is 2.10 bits per heavy atom. The Labute approximate surface area is 120 Å². The Kier molecular flexibility index (Phi) is 3.99. The van der Waals surface area contributed by atoms with Crippen LogP contribution in [-0.4, -0.2) is 23.7 Å². The Morgan fingerprint density at radius 3 is 2.90 bits per heavy atom. The van der Waals surface area contributed by atoms with Gasteiger partial charge < -0.3 is 10.1 Å². The molecule has 1 heterocycles. The molecular formula is C17H22N2O. The van der Waals surface area contributed by atoms with Crippen molar-refractivity contribution in [2.75, 3.05) is 6.61 Å². The third-order valence-corrected chi connectivity index (χ3v) is 3.98. The number of aryl methyl sites for hydroxylation is 1. The lowest BCUT2D eigenvalue weighted by atomic mass is 9.89. The van der Waals surface area contributed by atoms with Gasteiger partial charge in [0.2, 0.25) is 0 Å². The zero-order chi connectivity index (χ0) is 13.9. The minimum atomic E-state index is 0.473. The Bertz CT molecular complexity index is 591. The van der Waals surface area contributed by atoms with Crippen molar-refractivity contribution in [2.45, 2.75) is 45.4 Å². The highest BCUT2D eigenvalue weighted by molar-refractivity contribution is 5.79. The second-order valence-corrected chi connectivity index (χ2v) is 5.61. The van der Waals surface area contributed by atoms with Gasteiger partial charge >= 0.3 is 0 Å². The highest BCUT2D eigenvalue weighted by atomic mass is 16.5. The molecule has 0 bridgehead atoms. The summed E-state index contributed by atoms with van der Waals surface area (Å²) >= 11 is 0. The van der Waals surface area contributed by atoms with Crippen molar-refractivity contribution >= 4 is 10.9 Å². The average molecular weight is 270 g/mol. The molecule has 1 saturated carbocycles. The van der Waals surface area contributed by atoms with Gasteiger partial charge in [-0.2, -0.15) is 0 Å². The first-order valence-electron chi connectivity index (χ1n) is 7.46. The summed E-state index contributed by atoms with van der Waals surface area (Å²) in [6.07, 6.45) is 2.76. The molecule has 0 spiro atoms. The van der Waals surface area contributed by atoms with E-state index >= 15 is 0 Å². The molecule has 1 aliphatic rings. The standard InChI is InChI=1S/C17H22N2O/c1-3-20-16-9-15(10-16)18-11-13-5-7-17-14(8-13)6-4-12(2)19-17/h4-8,15-16,18H,3,9-11H2,1-2H3. The topological polar surface area (TPSA) is 34.1 Å². The number of rotatable bonds is 5. The van der Waals surface area contributed by atoms with Crippen molar-refractivity contribution in [3.05, 3.63) is 41.6 Å². The van der Waals surface area contributed by atoms with Crippen LogP contribution < -0.4 is 5.32 Å². The van der Waals surface area contributed by atoms with E-state index in [2.05, 4.69) is 47.6 Å². The van der Waals surface area contributed by atoms with Crippen molar-refractivity contribution < 1.29 is 4.74 Å². The molecule has 0 radical (unpaired) electrons. The van der Waals surface area contributed by atoms with Crippen LogP contribution in [0.1, 0.15) is 31.0 Å². The average Bonchev–Trinajstić information content (AvgIpc) is 2.41. The van der Waals surface area contributed by atoms with Gasteiger partial charge in [0.1, 0.15) is 0 Å². The van der Waals surface area contributed by atoms with Crippen LogP contribution in [0, 0.1) is 6.92 Å². The van der Waals surface area contributed by atoms with Crippen LogP contribution in [-0.2, 0) is 11.3 Å². The molecule has 1 aromatic heterocycles. The number of benzene rings is 1. The minimum absolute atomic E-state index is 0.473. The number of hydrogen-bond acceptors (Lipinski definition) is 3. The molecule has 0 aliphatic heterocycles. The van der Waals surface area contributed by atoms with Crippen molar-refractivity contribution in [3.8, 4) is 0 Å². The van der Waals surface area contributed by atoms with Gasteiger partial charge in [0.15, 0.2) is 0 Å². The molecule has 20 heavy (non-hydrogen) atoms. The summed E-state index contributed by atoms with van der Waals surface area (Å²) in [6, 6.07) is 11.3. The fourth-order valence-electron chi connectivity index (χ4n) is 2.75. The van der Waals surface area contributed by atoms with Gasteiger partial charge in [0, 0.05) is 30.3 Å². The number of fused-ring (bicyclic) bond motifs is 1. The number of nitrogens with one attached hydrogen (secondary N) is 1. The van der Waals surface area contributed by atoms with E-state index in [1.165, 1.54) is 10.9 Å². The SMILES string of the molecule is CCOC1CC(NCc2ccc3nc(C)ccc3c2)C1. The van der Waals surface area contributed by atoms with Crippen molar-refractivity contribution in [1.82, 2.24) is 10.3 Å². The molecule has 3 nitrogen and oxygen atoms in total. The van der Waals surface area contributed by atoms with E-state index in [0.717, 1.165) is 37.2 Å². The van der Waals surface area contributed by atoms with Gasteiger partial charge in [-0.05, 0) is 50.5 Å². The highest BCUT2D eigenvalue weighted by Crippen LogP contribution is 2.23. The molecule has 0 atom stereocenters. The summed E-state index contributed by atoms with van der Waals surface area (Å²) in [6.45, 7) is 5.84. The second kappa shape index (κ2) is 5.90. The van der Waals surface area contributed by atoms with E-state index in [1.807, 2.05) is 6.92 Å². The molecule has 1 aromatic carbocycles. The number of nitrogens with zero attached hydrogens (tertiary/aromatic N) is 1. The van der Waals surface area contributed by atoms with Crippen LogP contribution in [0.5, 0.6) is 0 Å². The molecule has 1 aliphatic carbocycles. The lowest BCUT2D eigenvalue weighted by molar-refractivity contribution is -0.0102. The van der Waals surface area contributed by atoms with Crippen molar-refractivity contribution in [1.29, 1.82) is 0 Å². The lowest BCUT2D eigenvalue weighted by Gasteiger charge is -2.35. The molecule has 3 rings (SSSR count). The normalized spacial score (nSPS) is 21.9. The molecule has 2 aromatic rings. The number of pyridine rings is 1. The van der Waals surface area contributed by atoms with Gasteiger partial charge in [0.25, 0.3) is 0 Å². The zero-order valence-electron chi connectivity index (χ0n) is 12.2. The van der Waals surface area contributed by atoms with Crippen LogP contribution >= 0.6 is 0 Å². The molecule has 1 fully saturated rings. The summed E-state index contributed by atoms with van der Waals surface area (Å²) in [5.74, 6) is 0. The van der Waals surface area contributed by atoms with E-state index in [1.54, 1.807) is 0 Å². The van der Waals surface area contributed by atoms with E-state index < -0.39 is 0 Å². The maximum Gasteiger partial charge on any atom is 0.0705 e. The molecule has 3 heteroatoms. The first kappa shape index (κ1) is 13.5. The smallest absolute Gasteiger partial charge is 0.0705 e. The van der Waals surface area contributed by atoms with E-state index in [0.29, 0.717) is 12.1 Å². The third kappa shape index (κ3) is 3.00. The molecular weight excluding hydrogens is 248 g/mol. The van der Waals surface area contributed by atoms with E-state index in [9.17, 15) is 0 Å². The monoisotopic (exact) mass is 270 g/mol. The van der Waals surface area contributed by atoms with E-state index in [-0.39, 0.29) is 0 Å². The first-order valence-corrected chi connectivity index (χ1v) is 7.46. The van der Waals surface area contributed by atoms with Gasteiger partial charge in [-0.15, -0.1) is 0 Å². The summed E-state index contributed by atoms with van der Waals surface area (Å²) < 4.78 is 5.58. The minimum Gasteiger partial charge on any atom is -0.378 e. The maximum absolute atomic E-state index is 5.58. The fraction of sp³-hybridized carbons (Fsp3) is 0.471. The predicted octanol–water partition coefficient (Wildman–Crippen LogP) is 3.20. The molecule has 1 N–H and O–H groups in total. The molecule has 0 saturated heterocycles.